The number of aromatic nitrogens is 2. The lowest BCUT2D eigenvalue weighted by Gasteiger charge is -2.30. The first kappa shape index (κ1) is 13.2. The number of nitrogens with one attached hydrogen (secondary N) is 1. The molecule has 5 heteroatoms. The van der Waals surface area contributed by atoms with Crippen molar-refractivity contribution >= 4 is 5.82 Å². The Morgan fingerprint density at radius 1 is 1.33 bits per heavy atom. The molecule has 3 N–H and O–H groups in total. The van der Waals surface area contributed by atoms with Gasteiger partial charge in [0, 0.05) is 17.8 Å². The smallest absolute Gasteiger partial charge is 0.145 e. The molecule has 1 aromatic heterocycles. The van der Waals surface area contributed by atoms with Crippen LogP contribution >= 0.6 is 0 Å². The Hall–Kier alpha value is -1.20. The van der Waals surface area contributed by atoms with Crippen molar-refractivity contribution in [1.82, 2.24) is 14.9 Å². The van der Waals surface area contributed by atoms with Gasteiger partial charge >= 0.3 is 0 Å². The van der Waals surface area contributed by atoms with Crippen LogP contribution in [0.25, 0.3) is 0 Å². The van der Waals surface area contributed by atoms with Gasteiger partial charge < -0.3 is 5.43 Å². The minimum absolute atomic E-state index is 0.678. The van der Waals surface area contributed by atoms with E-state index in [0.717, 1.165) is 18.1 Å². The van der Waals surface area contributed by atoms with E-state index in [1.807, 2.05) is 13.0 Å². The van der Waals surface area contributed by atoms with E-state index in [9.17, 15) is 0 Å². The van der Waals surface area contributed by atoms with E-state index in [-0.39, 0.29) is 0 Å². The highest BCUT2D eigenvalue weighted by Crippen LogP contribution is 2.22. The van der Waals surface area contributed by atoms with Crippen molar-refractivity contribution < 1.29 is 0 Å². The Labute approximate surface area is 109 Å². The molecule has 1 aromatic rings. The van der Waals surface area contributed by atoms with Crippen LogP contribution in [0.4, 0.5) is 5.82 Å². The lowest BCUT2D eigenvalue weighted by atomic mass is 9.94. The third kappa shape index (κ3) is 3.40. The van der Waals surface area contributed by atoms with Crippen molar-refractivity contribution in [3.63, 3.8) is 0 Å². The van der Waals surface area contributed by atoms with E-state index >= 15 is 0 Å². The summed E-state index contributed by atoms with van der Waals surface area (Å²) in [5.74, 6) is 6.94. The fraction of sp³-hybridized carbons (Fsp3) is 0.692. The number of nitrogens with zero attached hydrogens (tertiary/aromatic N) is 3. The molecule has 100 valence electrons. The fourth-order valence-corrected chi connectivity index (χ4v) is 2.65. The maximum absolute atomic E-state index is 5.41. The molecule has 2 rings (SSSR count). The fourth-order valence-electron chi connectivity index (χ4n) is 2.65. The molecule has 0 bridgehead atoms. The zero-order chi connectivity index (χ0) is 13.0. The third-order valence-corrected chi connectivity index (χ3v) is 3.64. The quantitative estimate of drug-likeness (QED) is 0.629. The van der Waals surface area contributed by atoms with Gasteiger partial charge in [0.15, 0.2) is 0 Å². The maximum atomic E-state index is 5.41. The minimum atomic E-state index is 0.678. The van der Waals surface area contributed by atoms with Crippen LogP contribution in [-0.2, 0) is 6.54 Å². The van der Waals surface area contributed by atoms with Crippen LogP contribution in [-0.4, -0.2) is 28.0 Å². The van der Waals surface area contributed by atoms with Crippen LogP contribution in [0.15, 0.2) is 6.07 Å². The molecular weight excluding hydrogens is 226 g/mol. The van der Waals surface area contributed by atoms with Gasteiger partial charge in [0.1, 0.15) is 11.6 Å². The lowest BCUT2D eigenvalue weighted by Crippen LogP contribution is -2.33. The summed E-state index contributed by atoms with van der Waals surface area (Å²) < 4.78 is 0. The van der Waals surface area contributed by atoms with Gasteiger partial charge in [-0.05, 0) is 26.8 Å². The molecule has 1 aliphatic carbocycles. The van der Waals surface area contributed by atoms with Gasteiger partial charge in [0.2, 0.25) is 0 Å². The normalized spacial score (nSPS) is 17.1. The van der Waals surface area contributed by atoms with Crippen molar-refractivity contribution in [2.45, 2.75) is 51.6 Å². The Morgan fingerprint density at radius 2 is 2.06 bits per heavy atom. The van der Waals surface area contributed by atoms with E-state index in [2.05, 4.69) is 27.3 Å². The molecule has 0 unspecified atom stereocenters. The SMILES string of the molecule is Cc1cc(NN)nc(CN(C)C2CCCCC2)n1. The van der Waals surface area contributed by atoms with Crippen molar-refractivity contribution in [2.75, 3.05) is 12.5 Å². The third-order valence-electron chi connectivity index (χ3n) is 3.64. The molecule has 1 heterocycles. The number of rotatable bonds is 4. The van der Waals surface area contributed by atoms with Crippen LogP contribution in [0.5, 0.6) is 0 Å². The summed E-state index contributed by atoms with van der Waals surface area (Å²) in [5, 5.41) is 0. The molecule has 0 atom stereocenters. The van der Waals surface area contributed by atoms with Crippen molar-refractivity contribution in [3.05, 3.63) is 17.6 Å². The minimum Gasteiger partial charge on any atom is -0.308 e. The second-order valence-corrected chi connectivity index (χ2v) is 5.16. The first-order valence-corrected chi connectivity index (χ1v) is 6.70. The van der Waals surface area contributed by atoms with Crippen LogP contribution in [0, 0.1) is 6.92 Å². The Kier molecular flexibility index (Phi) is 4.49. The van der Waals surface area contributed by atoms with Crippen LogP contribution in [0.1, 0.15) is 43.6 Å². The summed E-state index contributed by atoms with van der Waals surface area (Å²) in [6.45, 7) is 2.76. The number of nitrogen functional groups attached to an aromatic ring is 1. The van der Waals surface area contributed by atoms with Crippen molar-refractivity contribution in [2.24, 2.45) is 5.84 Å². The number of aryl methyl sites for hydroxylation is 1. The standard InChI is InChI=1S/C13H23N5/c1-10-8-12(17-14)16-13(15-10)9-18(2)11-6-4-3-5-7-11/h8,11H,3-7,9,14H2,1-2H3,(H,15,16,17). The highest BCUT2D eigenvalue weighted by Gasteiger charge is 2.18. The van der Waals surface area contributed by atoms with E-state index in [0.29, 0.717) is 11.9 Å². The molecule has 5 nitrogen and oxygen atoms in total. The average Bonchev–Trinajstić information content (AvgIpc) is 2.39. The van der Waals surface area contributed by atoms with Crippen LogP contribution < -0.4 is 11.3 Å². The largest absolute Gasteiger partial charge is 0.308 e. The second kappa shape index (κ2) is 6.11. The maximum Gasteiger partial charge on any atom is 0.145 e. The van der Waals surface area contributed by atoms with Gasteiger partial charge in [-0.15, -0.1) is 0 Å². The van der Waals surface area contributed by atoms with Gasteiger partial charge in [-0.25, -0.2) is 15.8 Å². The predicted octanol–water partition coefficient (Wildman–Crippen LogP) is 1.84. The van der Waals surface area contributed by atoms with Crippen LogP contribution in [0.2, 0.25) is 0 Å². The highest BCUT2D eigenvalue weighted by atomic mass is 15.3. The average molecular weight is 249 g/mol. The highest BCUT2D eigenvalue weighted by molar-refractivity contribution is 5.33. The molecule has 1 aliphatic rings. The molecule has 1 saturated carbocycles. The molecule has 1 fully saturated rings. The molecule has 0 aliphatic heterocycles. The molecular formula is C13H23N5. The zero-order valence-corrected chi connectivity index (χ0v) is 11.3. The summed E-state index contributed by atoms with van der Waals surface area (Å²) >= 11 is 0. The molecule has 0 radical (unpaired) electrons. The monoisotopic (exact) mass is 249 g/mol. The van der Waals surface area contributed by atoms with Gasteiger partial charge in [-0.2, -0.15) is 0 Å². The number of nitrogens with two attached hydrogens (primary N) is 1. The van der Waals surface area contributed by atoms with E-state index in [1.165, 1.54) is 32.1 Å². The van der Waals surface area contributed by atoms with Crippen molar-refractivity contribution in [3.8, 4) is 0 Å². The molecule has 0 spiro atoms. The second-order valence-electron chi connectivity index (χ2n) is 5.16. The Morgan fingerprint density at radius 3 is 2.72 bits per heavy atom. The summed E-state index contributed by atoms with van der Waals surface area (Å²) in [6, 6.07) is 2.53. The topological polar surface area (TPSA) is 67.1 Å². The molecule has 18 heavy (non-hydrogen) atoms. The van der Waals surface area contributed by atoms with E-state index in [1.54, 1.807) is 0 Å². The predicted molar refractivity (Wildman–Crippen MR) is 72.9 cm³/mol. The number of hydrazine groups is 1. The van der Waals surface area contributed by atoms with Crippen molar-refractivity contribution in [1.29, 1.82) is 0 Å². The van der Waals surface area contributed by atoms with E-state index < -0.39 is 0 Å². The molecule has 0 aromatic carbocycles. The molecule has 0 saturated heterocycles. The number of hydrogen-bond acceptors (Lipinski definition) is 5. The van der Waals surface area contributed by atoms with E-state index in [4.69, 9.17) is 5.84 Å². The molecule has 0 amide bonds. The lowest BCUT2D eigenvalue weighted by molar-refractivity contribution is 0.180. The van der Waals surface area contributed by atoms with Crippen LogP contribution in [0.3, 0.4) is 0 Å². The van der Waals surface area contributed by atoms with Gasteiger partial charge in [0.25, 0.3) is 0 Å². The first-order chi connectivity index (χ1) is 8.69. The summed E-state index contributed by atoms with van der Waals surface area (Å²) in [7, 11) is 2.16. The summed E-state index contributed by atoms with van der Waals surface area (Å²) in [4.78, 5) is 11.2. The number of hydrogen-bond donors (Lipinski definition) is 2. The number of anilines is 1. The van der Waals surface area contributed by atoms with Gasteiger partial charge in [0.05, 0.1) is 6.54 Å². The Bertz CT molecular complexity index is 387. The summed E-state index contributed by atoms with van der Waals surface area (Å²) in [5.41, 5.74) is 3.54. The summed E-state index contributed by atoms with van der Waals surface area (Å²) in [6.07, 6.45) is 6.67. The van der Waals surface area contributed by atoms with Gasteiger partial charge in [-0.3, -0.25) is 4.90 Å². The van der Waals surface area contributed by atoms with Gasteiger partial charge in [-0.1, -0.05) is 19.3 Å². The zero-order valence-electron chi connectivity index (χ0n) is 11.3. The Balaban J connectivity index is 2.01. The first-order valence-electron chi connectivity index (χ1n) is 6.70.